The van der Waals surface area contributed by atoms with Gasteiger partial charge in [0.25, 0.3) is 0 Å². The Labute approximate surface area is 90.8 Å². The molecule has 0 saturated carbocycles. The van der Waals surface area contributed by atoms with Gasteiger partial charge in [-0.3, -0.25) is 4.79 Å². The van der Waals surface area contributed by atoms with Crippen LogP contribution in [0.1, 0.15) is 17.3 Å². The molecule has 0 heterocycles. The molecule has 0 aromatic heterocycles. The largest absolute Gasteiger partial charge is 0.434 e. The number of hydrogen-bond donors (Lipinski definition) is 0. The third-order valence-corrected chi connectivity index (χ3v) is 1.93. The van der Waals surface area contributed by atoms with Crippen molar-refractivity contribution < 1.29 is 18.3 Å². The Hall–Kier alpha value is -1.16. The first-order valence-electron chi connectivity index (χ1n) is 4.24. The van der Waals surface area contributed by atoms with Crippen LogP contribution in [0.4, 0.5) is 8.78 Å². The summed E-state index contributed by atoms with van der Waals surface area (Å²) in [6.07, 6.45) is 0. The molecule has 0 aliphatic carbocycles. The van der Waals surface area contributed by atoms with Crippen LogP contribution in [0.3, 0.4) is 0 Å². The van der Waals surface area contributed by atoms with Gasteiger partial charge in [-0.2, -0.15) is 8.78 Å². The topological polar surface area (TPSA) is 26.3 Å². The summed E-state index contributed by atoms with van der Waals surface area (Å²) in [7, 11) is 0. The van der Waals surface area contributed by atoms with Crippen LogP contribution >= 0.6 is 11.6 Å². The fraction of sp³-hybridized carbons (Fsp3) is 0.300. The highest BCUT2D eigenvalue weighted by molar-refractivity contribution is 6.33. The predicted molar refractivity (Wildman–Crippen MR) is 52.7 cm³/mol. The first kappa shape index (κ1) is 11.9. The molecular weight excluding hydrogens is 226 g/mol. The van der Waals surface area contributed by atoms with Crippen LogP contribution in [-0.4, -0.2) is 17.8 Å². The molecule has 5 heteroatoms. The van der Waals surface area contributed by atoms with E-state index in [9.17, 15) is 13.6 Å². The van der Waals surface area contributed by atoms with E-state index in [1.807, 2.05) is 0 Å². The van der Waals surface area contributed by atoms with Gasteiger partial charge >= 0.3 is 6.61 Å². The van der Waals surface area contributed by atoms with Crippen LogP contribution < -0.4 is 4.74 Å². The molecule has 82 valence electrons. The summed E-state index contributed by atoms with van der Waals surface area (Å²) in [5, 5.41) is -0.771. The fourth-order valence-corrected chi connectivity index (χ4v) is 1.20. The average molecular weight is 235 g/mol. The first-order valence-corrected chi connectivity index (χ1v) is 4.68. The van der Waals surface area contributed by atoms with Gasteiger partial charge in [-0.1, -0.05) is 12.1 Å². The van der Waals surface area contributed by atoms with Crippen molar-refractivity contribution in [3.8, 4) is 5.75 Å². The van der Waals surface area contributed by atoms with E-state index in [0.717, 1.165) is 0 Å². The number of carbonyl (C=O) groups is 1. The molecule has 1 rings (SSSR count). The number of ether oxygens (including phenoxy) is 1. The lowest BCUT2D eigenvalue weighted by molar-refractivity contribution is -0.0501. The summed E-state index contributed by atoms with van der Waals surface area (Å²) in [6, 6.07) is 5.77. The highest BCUT2D eigenvalue weighted by Gasteiger charge is 2.18. The lowest BCUT2D eigenvalue weighted by Crippen LogP contribution is -2.13. The van der Waals surface area contributed by atoms with Crippen molar-refractivity contribution in [2.45, 2.75) is 18.9 Å². The van der Waals surface area contributed by atoms with Crippen LogP contribution in [0, 0.1) is 0 Å². The number of alkyl halides is 3. The first-order chi connectivity index (χ1) is 7.02. The maximum atomic E-state index is 12.0. The highest BCUT2D eigenvalue weighted by Crippen LogP contribution is 2.22. The molecule has 1 unspecified atom stereocenters. The van der Waals surface area contributed by atoms with Gasteiger partial charge in [0, 0.05) is 0 Å². The smallest absolute Gasteiger partial charge is 0.387 e. The molecule has 0 radical (unpaired) electrons. The van der Waals surface area contributed by atoms with E-state index in [-0.39, 0.29) is 11.3 Å². The van der Waals surface area contributed by atoms with Crippen molar-refractivity contribution in [2.75, 3.05) is 0 Å². The molecule has 1 aromatic rings. The number of ketones is 1. The number of halogens is 3. The van der Waals surface area contributed by atoms with Gasteiger partial charge in [0.15, 0.2) is 5.78 Å². The Kier molecular flexibility index (Phi) is 4.03. The summed E-state index contributed by atoms with van der Waals surface area (Å²) in [6.45, 7) is -1.48. The molecule has 2 nitrogen and oxygen atoms in total. The standard InChI is InChI=1S/C10H9ClF2O2/c1-6(11)9(14)7-4-2-3-5-8(7)15-10(12)13/h2-6,10H,1H3. The van der Waals surface area contributed by atoms with Crippen molar-refractivity contribution in [3.05, 3.63) is 29.8 Å². The lowest BCUT2D eigenvalue weighted by atomic mass is 10.1. The predicted octanol–water partition coefficient (Wildman–Crippen LogP) is 3.10. The van der Waals surface area contributed by atoms with Gasteiger partial charge in [0.1, 0.15) is 5.75 Å². The third kappa shape index (κ3) is 3.16. The van der Waals surface area contributed by atoms with E-state index >= 15 is 0 Å². The summed E-state index contributed by atoms with van der Waals surface area (Å²) >= 11 is 5.58. The quantitative estimate of drug-likeness (QED) is 0.591. The molecular formula is C10H9ClF2O2. The molecule has 0 fully saturated rings. The van der Waals surface area contributed by atoms with Crippen molar-refractivity contribution in [2.24, 2.45) is 0 Å². The molecule has 1 atom stereocenters. The van der Waals surface area contributed by atoms with Crippen molar-refractivity contribution >= 4 is 17.4 Å². The fourth-order valence-electron chi connectivity index (χ4n) is 1.08. The Bertz CT molecular complexity index is 353. The summed E-state index contributed by atoms with van der Waals surface area (Å²) < 4.78 is 28.2. The second-order valence-electron chi connectivity index (χ2n) is 2.85. The SMILES string of the molecule is CC(Cl)C(=O)c1ccccc1OC(F)F. The minimum Gasteiger partial charge on any atom is -0.434 e. The maximum absolute atomic E-state index is 12.0. The van der Waals surface area contributed by atoms with Gasteiger partial charge in [-0.25, -0.2) is 0 Å². The summed E-state index contributed by atoms with van der Waals surface area (Å²) in [4.78, 5) is 11.5. The van der Waals surface area contributed by atoms with Gasteiger partial charge in [-0.05, 0) is 19.1 Å². The molecule has 0 spiro atoms. The number of Topliss-reactive ketones (excluding diaryl/α,β-unsaturated/α-hetero) is 1. The van der Waals surface area contributed by atoms with E-state index in [0.29, 0.717) is 0 Å². The highest BCUT2D eigenvalue weighted by atomic mass is 35.5. The van der Waals surface area contributed by atoms with E-state index in [1.54, 1.807) is 6.07 Å². The number of carbonyl (C=O) groups excluding carboxylic acids is 1. The van der Waals surface area contributed by atoms with Crippen LogP contribution in [0.5, 0.6) is 5.75 Å². The normalized spacial score (nSPS) is 12.6. The van der Waals surface area contributed by atoms with E-state index in [2.05, 4.69) is 4.74 Å². The molecule has 0 saturated heterocycles. The van der Waals surface area contributed by atoms with Crippen LogP contribution in [-0.2, 0) is 0 Å². The van der Waals surface area contributed by atoms with Gasteiger partial charge in [-0.15, -0.1) is 11.6 Å². The Morgan fingerprint density at radius 3 is 2.53 bits per heavy atom. The van der Waals surface area contributed by atoms with Crippen molar-refractivity contribution in [3.63, 3.8) is 0 Å². The van der Waals surface area contributed by atoms with Gasteiger partial charge in [0.2, 0.25) is 0 Å². The molecule has 1 aromatic carbocycles. The van der Waals surface area contributed by atoms with Crippen LogP contribution in [0.15, 0.2) is 24.3 Å². The second-order valence-corrected chi connectivity index (χ2v) is 3.51. The van der Waals surface area contributed by atoms with Crippen LogP contribution in [0.2, 0.25) is 0 Å². The minimum absolute atomic E-state index is 0.0697. The zero-order valence-corrected chi connectivity index (χ0v) is 8.67. The number of rotatable bonds is 4. The number of hydrogen-bond acceptors (Lipinski definition) is 2. The van der Waals surface area contributed by atoms with Crippen molar-refractivity contribution in [1.82, 2.24) is 0 Å². The van der Waals surface area contributed by atoms with Gasteiger partial charge < -0.3 is 4.74 Å². The Balaban J connectivity index is 3.01. The van der Waals surface area contributed by atoms with E-state index in [1.165, 1.54) is 25.1 Å². The molecule has 0 bridgehead atoms. The van der Waals surface area contributed by atoms with Gasteiger partial charge in [0.05, 0.1) is 10.9 Å². The maximum Gasteiger partial charge on any atom is 0.387 e. The average Bonchev–Trinajstić information content (AvgIpc) is 2.16. The molecule has 15 heavy (non-hydrogen) atoms. The third-order valence-electron chi connectivity index (χ3n) is 1.73. The molecule has 0 aliphatic rings. The number of benzene rings is 1. The Morgan fingerprint density at radius 1 is 1.40 bits per heavy atom. The minimum atomic E-state index is -2.95. The summed E-state index contributed by atoms with van der Waals surface area (Å²) in [5.41, 5.74) is 0.0697. The summed E-state index contributed by atoms with van der Waals surface area (Å²) in [5.74, 6) is -0.585. The zero-order chi connectivity index (χ0) is 11.4. The Morgan fingerprint density at radius 2 is 2.00 bits per heavy atom. The number of para-hydroxylation sites is 1. The molecule has 0 aliphatic heterocycles. The monoisotopic (exact) mass is 234 g/mol. The van der Waals surface area contributed by atoms with Crippen LogP contribution in [0.25, 0.3) is 0 Å². The second kappa shape index (κ2) is 5.07. The van der Waals surface area contributed by atoms with E-state index in [4.69, 9.17) is 11.6 Å². The molecule has 0 N–H and O–H groups in total. The lowest BCUT2D eigenvalue weighted by Gasteiger charge is -2.10. The molecule has 0 amide bonds. The zero-order valence-electron chi connectivity index (χ0n) is 7.91. The van der Waals surface area contributed by atoms with Crippen molar-refractivity contribution in [1.29, 1.82) is 0 Å². The van der Waals surface area contributed by atoms with E-state index < -0.39 is 17.8 Å².